The number of ether oxygens (including phenoxy) is 1. The van der Waals surface area contributed by atoms with E-state index in [4.69, 9.17) is 14.9 Å². The molecule has 6 heteroatoms. The number of rotatable bonds is 2. The van der Waals surface area contributed by atoms with Gasteiger partial charge in [0.15, 0.2) is 17.2 Å². The second kappa shape index (κ2) is 4.48. The minimum absolute atomic E-state index is 0.0578. The summed E-state index contributed by atoms with van der Waals surface area (Å²) >= 11 is 0. The number of hydrogen-bond donors (Lipinski definition) is 1. The van der Waals surface area contributed by atoms with Crippen LogP contribution in [0.1, 0.15) is 0 Å². The van der Waals surface area contributed by atoms with E-state index in [-0.39, 0.29) is 17.1 Å². The first-order chi connectivity index (χ1) is 9.58. The zero-order valence-electron chi connectivity index (χ0n) is 10.5. The fourth-order valence-corrected chi connectivity index (χ4v) is 1.90. The largest absolute Gasteiger partial charge is 0.497 e. The minimum Gasteiger partial charge on any atom is -0.497 e. The third kappa shape index (κ3) is 1.95. The van der Waals surface area contributed by atoms with Crippen LogP contribution in [-0.4, -0.2) is 12.1 Å². The van der Waals surface area contributed by atoms with Gasteiger partial charge in [0.25, 0.3) is 0 Å². The average molecular weight is 276 g/mol. The van der Waals surface area contributed by atoms with E-state index in [0.717, 1.165) is 12.1 Å². The van der Waals surface area contributed by atoms with Crippen LogP contribution in [0.15, 0.2) is 34.7 Å². The Kier molecular flexibility index (Phi) is 2.78. The van der Waals surface area contributed by atoms with E-state index in [1.807, 2.05) is 0 Å². The SMILES string of the molecule is COc1ccc2oc(-c3cc(F)c(F)cc3N)nc2c1. The third-order valence-electron chi connectivity index (χ3n) is 2.92. The molecule has 0 fully saturated rings. The normalized spacial score (nSPS) is 10.9. The highest BCUT2D eigenvalue weighted by Crippen LogP contribution is 2.31. The summed E-state index contributed by atoms with van der Waals surface area (Å²) in [7, 11) is 1.54. The summed E-state index contributed by atoms with van der Waals surface area (Å²) in [5, 5.41) is 0. The molecule has 0 aliphatic rings. The second-order valence-electron chi connectivity index (χ2n) is 4.21. The van der Waals surface area contributed by atoms with Crippen LogP contribution in [0.5, 0.6) is 5.75 Å². The van der Waals surface area contributed by atoms with E-state index >= 15 is 0 Å². The molecule has 0 aliphatic carbocycles. The van der Waals surface area contributed by atoms with E-state index < -0.39 is 11.6 Å². The van der Waals surface area contributed by atoms with Crippen molar-refractivity contribution >= 4 is 16.8 Å². The van der Waals surface area contributed by atoms with Crippen LogP contribution in [0.25, 0.3) is 22.6 Å². The van der Waals surface area contributed by atoms with E-state index in [9.17, 15) is 8.78 Å². The van der Waals surface area contributed by atoms with Gasteiger partial charge < -0.3 is 14.9 Å². The standard InChI is InChI=1S/C14H10F2N2O2/c1-19-7-2-3-13-12(4-7)18-14(20-13)8-5-9(15)10(16)6-11(8)17/h2-6H,17H2,1H3. The Labute approximate surface area is 112 Å². The number of oxazole rings is 1. The maximum Gasteiger partial charge on any atom is 0.229 e. The van der Waals surface area contributed by atoms with Gasteiger partial charge in [0.1, 0.15) is 11.3 Å². The van der Waals surface area contributed by atoms with Crippen LogP contribution in [0.3, 0.4) is 0 Å². The van der Waals surface area contributed by atoms with Crippen LogP contribution in [0.2, 0.25) is 0 Å². The van der Waals surface area contributed by atoms with Gasteiger partial charge in [-0.05, 0) is 18.2 Å². The van der Waals surface area contributed by atoms with Gasteiger partial charge in [0.2, 0.25) is 5.89 Å². The lowest BCUT2D eigenvalue weighted by molar-refractivity contribution is 0.415. The molecule has 1 heterocycles. The smallest absolute Gasteiger partial charge is 0.229 e. The third-order valence-corrected chi connectivity index (χ3v) is 2.92. The molecule has 4 nitrogen and oxygen atoms in total. The van der Waals surface area contributed by atoms with E-state index in [1.165, 1.54) is 7.11 Å². The van der Waals surface area contributed by atoms with Crippen LogP contribution < -0.4 is 10.5 Å². The summed E-state index contributed by atoms with van der Waals surface area (Å²) in [6, 6.07) is 6.94. The quantitative estimate of drug-likeness (QED) is 0.729. The van der Waals surface area contributed by atoms with Crippen LogP contribution in [0.4, 0.5) is 14.5 Å². The summed E-state index contributed by atoms with van der Waals surface area (Å²) < 4.78 is 36.9. The fraction of sp³-hybridized carbons (Fsp3) is 0.0714. The Hall–Kier alpha value is -2.63. The molecule has 0 bridgehead atoms. The molecule has 3 rings (SSSR count). The molecule has 0 radical (unpaired) electrons. The molecule has 20 heavy (non-hydrogen) atoms. The lowest BCUT2D eigenvalue weighted by Gasteiger charge is -2.01. The molecule has 0 saturated heterocycles. The fourth-order valence-electron chi connectivity index (χ4n) is 1.90. The van der Waals surface area contributed by atoms with Crippen molar-refractivity contribution in [3.63, 3.8) is 0 Å². The zero-order valence-corrected chi connectivity index (χ0v) is 10.5. The molecule has 0 spiro atoms. The van der Waals surface area contributed by atoms with E-state index in [2.05, 4.69) is 4.98 Å². The van der Waals surface area contributed by atoms with Crippen molar-refractivity contribution < 1.29 is 17.9 Å². The average Bonchev–Trinajstić information content (AvgIpc) is 2.85. The number of methoxy groups -OCH3 is 1. The molecular formula is C14H10F2N2O2. The predicted molar refractivity (Wildman–Crippen MR) is 70.3 cm³/mol. The molecule has 3 aromatic rings. The van der Waals surface area contributed by atoms with Gasteiger partial charge in [-0.15, -0.1) is 0 Å². The molecule has 0 atom stereocenters. The van der Waals surface area contributed by atoms with Gasteiger partial charge in [-0.1, -0.05) is 0 Å². The molecule has 2 aromatic carbocycles. The predicted octanol–water partition coefficient (Wildman–Crippen LogP) is 3.36. The summed E-state index contributed by atoms with van der Waals surface area (Å²) in [6.07, 6.45) is 0. The lowest BCUT2D eigenvalue weighted by atomic mass is 10.1. The minimum atomic E-state index is -1.01. The van der Waals surface area contributed by atoms with Crippen molar-refractivity contribution in [2.24, 2.45) is 0 Å². The van der Waals surface area contributed by atoms with Gasteiger partial charge in [-0.3, -0.25) is 0 Å². The molecular weight excluding hydrogens is 266 g/mol. The number of benzene rings is 2. The number of aromatic nitrogens is 1. The second-order valence-corrected chi connectivity index (χ2v) is 4.21. The lowest BCUT2D eigenvalue weighted by Crippen LogP contribution is -1.94. The van der Waals surface area contributed by atoms with Gasteiger partial charge in [0.05, 0.1) is 12.7 Å². The Morgan fingerprint density at radius 3 is 2.65 bits per heavy atom. The van der Waals surface area contributed by atoms with Crippen molar-refractivity contribution in [2.75, 3.05) is 12.8 Å². The highest BCUT2D eigenvalue weighted by atomic mass is 19.2. The summed E-state index contributed by atoms with van der Waals surface area (Å²) in [6.45, 7) is 0. The Balaban J connectivity index is 2.17. The maximum atomic E-state index is 13.3. The van der Waals surface area contributed by atoms with Crippen molar-refractivity contribution in [3.05, 3.63) is 42.0 Å². The van der Waals surface area contributed by atoms with Gasteiger partial charge in [-0.2, -0.15) is 0 Å². The molecule has 0 saturated carbocycles. The van der Waals surface area contributed by atoms with Crippen molar-refractivity contribution in [3.8, 4) is 17.2 Å². The maximum absolute atomic E-state index is 13.3. The molecule has 102 valence electrons. The zero-order chi connectivity index (χ0) is 14.3. The molecule has 1 aromatic heterocycles. The van der Waals surface area contributed by atoms with Gasteiger partial charge in [0, 0.05) is 17.8 Å². The van der Waals surface area contributed by atoms with Crippen LogP contribution >= 0.6 is 0 Å². The Morgan fingerprint density at radius 2 is 1.90 bits per heavy atom. The number of nitrogens with two attached hydrogens (primary N) is 1. The van der Waals surface area contributed by atoms with Crippen LogP contribution in [0, 0.1) is 11.6 Å². The summed E-state index contributed by atoms with van der Waals surface area (Å²) in [5.41, 5.74) is 6.98. The highest BCUT2D eigenvalue weighted by Gasteiger charge is 2.15. The first-order valence-electron chi connectivity index (χ1n) is 5.78. The number of fused-ring (bicyclic) bond motifs is 1. The topological polar surface area (TPSA) is 61.3 Å². The van der Waals surface area contributed by atoms with E-state index in [1.54, 1.807) is 18.2 Å². The van der Waals surface area contributed by atoms with Crippen molar-refractivity contribution in [1.29, 1.82) is 0 Å². The Bertz CT molecular complexity index is 799. The number of anilines is 1. The summed E-state index contributed by atoms with van der Waals surface area (Å²) in [4.78, 5) is 4.21. The monoisotopic (exact) mass is 276 g/mol. The highest BCUT2D eigenvalue weighted by molar-refractivity contribution is 5.80. The van der Waals surface area contributed by atoms with Crippen molar-refractivity contribution in [1.82, 2.24) is 4.98 Å². The Morgan fingerprint density at radius 1 is 1.15 bits per heavy atom. The molecule has 0 aliphatic heterocycles. The number of halogens is 2. The first-order valence-corrected chi connectivity index (χ1v) is 5.78. The van der Waals surface area contributed by atoms with E-state index in [0.29, 0.717) is 16.8 Å². The first kappa shape index (κ1) is 12.4. The van der Waals surface area contributed by atoms with Gasteiger partial charge >= 0.3 is 0 Å². The van der Waals surface area contributed by atoms with Gasteiger partial charge in [-0.25, -0.2) is 13.8 Å². The van der Waals surface area contributed by atoms with Crippen LogP contribution in [-0.2, 0) is 0 Å². The number of nitrogens with zero attached hydrogens (tertiary/aromatic N) is 1. The molecule has 2 N–H and O–H groups in total. The number of hydrogen-bond acceptors (Lipinski definition) is 4. The summed E-state index contributed by atoms with van der Waals surface area (Å²) in [5.74, 6) is -1.27. The molecule has 0 amide bonds. The number of nitrogen functional groups attached to an aromatic ring is 1. The molecule has 0 unspecified atom stereocenters. The van der Waals surface area contributed by atoms with Crippen molar-refractivity contribution in [2.45, 2.75) is 0 Å².